The second-order valence-corrected chi connectivity index (χ2v) is 20.2. The van der Waals surface area contributed by atoms with Gasteiger partial charge >= 0.3 is 6.09 Å². The van der Waals surface area contributed by atoms with Crippen molar-refractivity contribution < 1.29 is 42.9 Å². The van der Waals surface area contributed by atoms with E-state index in [1.807, 2.05) is 89.2 Å². The Morgan fingerprint density at radius 2 is 1.63 bits per heavy atom. The summed E-state index contributed by atoms with van der Waals surface area (Å²) in [6.45, 7) is 23.0. The Morgan fingerprint density at radius 3 is 2.19 bits per heavy atom. The van der Waals surface area contributed by atoms with E-state index in [-0.39, 0.29) is 67.1 Å². The lowest BCUT2D eigenvalue weighted by molar-refractivity contribution is -0.145. The Kier molecular flexibility index (Phi) is 23.4. The molecule has 2 aromatic rings. The van der Waals surface area contributed by atoms with Gasteiger partial charge in [0.1, 0.15) is 16.7 Å². The number of ether oxygens (including phenoxy) is 4. The van der Waals surface area contributed by atoms with E-state index in [4.69, 9.17) is 18.9 Å². The topological polar surface area (TPSA) is 181 Å². The molecule has 1 aliphatic heterocycles. The average molecular weight is 956 g/mol. The van der Waals surface area contributed by atoms with Crippen LogP contribution >= 0.6 is 11.3 Å². The molecule has 16 nitrogen and oxygen atoms in total. The molecule has 0 spiro atoms. The van der Waals surface area contributed by atoms with Crippen LogP contribution in [0.3, 0.4) is 0 Å². The molecule has 0 aliphatic carbocycles. The predicted octanol–water partition coefficient (Wildman–Crippen LogP) is 6.02. The molecule has 5 amide bonds. The van der Waals surface area contributed by atoms with E-state index < -0.39 is 47.9 Å². The smallest absolute Gasteiger partial charge is 0.407 e. The van der Waals surface area contributed by atoms with E-state index in [9.17, 15) is 24.0 Å². The normalized spacial score (nSPS) is 17.3. The molecule has 1 aromatic heterocycles. The van der Waals surface area contributed by atoms with Crippen LogP contribution in [-0.4, -0.2) is 153 Å². The number of hydrogen-bond acceptors (Lipinski definition) is 12. The first kappa shape index (κ1) is 56.9. The molecule has 0 bridgehead atoms. The molecule has 17 heteroatoms. The van der Waals surface area contributed by atoms with Crippen LogP contribution in [0.2, 0.25) is 0 Å². The number of nitrogens with one attached hydrogen (secondary N) is 3. The van der Waals surface area contributed by atoms with Crippen LogP contribution in [0, 0.1) is 17.8 Å². The summed E-state index contributed by atoms with van der Waals surface area (Å²) >= 11 is 1.49. The molecule has 8 atom stereocenters. The van der Waals surface area contributed by atoms with Gasteiger partial charge in [0.05, 0.1) is 61.9 Å². The van der Waals surface area contributed by atoms with Crippen LogP contribution in [0.1, 0.15) is 105 Å². The zero-order valence-electron chi connectivity index (χ0n) is 42.5. The molecular formula is C50H81N7O9S. The number of aromatic nitrogens is 1. The number of benzene rings is 1. The highest BCUT2D eigenvalue weighted by molar-refractivity contribution is 7.09. The van der Waals surface area contributed by atoms with Crippen molar-refractivity contribution in [3.8, 4) is 0 Å². The van der Waals surface area contributed by atoms with Crippen molar-refractivity contribution in [1.29, 1.82) is 0 Å². The van der Waals surface area contributed by atoms with Crippen molar-refractivity contribution in [3.63, 3.8) is 0 Å². The van der Waals surface area contributed by atoms with Gasteiger partial charge in [-0.3, -0.25) is 24.1 Å². The van der Waals surface area contributed by atoms with E-state index in [0.29, 0.717) is 44.5 Å². The van der Waals surface area contributed by atoms with Gasteiger partial charge in [-0.05, 0) is 70.9 Å². The summed E-state index contributed by atoms with van der Waals surface area (Å²) < 4.78 is 23.1. The minimum Gasteiger partial charge on any atom is -0.444 e. The first-order valence-electron chi connectivity index (χ1n) is 23.7. The second kappa shape index (κ2) is 27.5. The maximum absolute atomic E-state index is 14.6. The number of thiazole rings is 1. The zero-order valence-corrected chi connectivity index (χ0v) is 43.3. The molecule has 1 aliphatic rings. The molecular weight excluding hydrogens is 875 g/mol. The lowest BCUT2D eigenvalue weighted by Crippen LogP contribution is -2.59. The Balaban J connectivity index is 1.71. The van der Waals surface area contributed by atoms with E-state index >= 15 is 0 Å². The van der Waals surface area contributed by atoms with Crippen LogP contribution < -0.4 is 16.0 Å². The summed E-state index contributed by atoms with van der Waals surface area (Å²) in [5, 5.41) is 11.7. The van der Waals surface area contributed by atoms with E-state index in [0.717, 1.165) is 17.0 Å². The summed E-state index contributed by atoms with van der Waals surface area (Å²) in [7, 11) is 6.62. The van der Waals surface area contributed by atoms with E-state index in [2.05, 4.69) is 27.5 Å². The van der Waals surface area contributed by atoms with Gasteiger partial charge in [0, 0.05) is 52.5 Å². The first-order valence-corrected chi connectivity index (χ1v) is 24.6. The van der Waals surface area contributed by atoms with Crippen molar-refractivity contribution in [1.82, 2.24) is 35.6 Å². The third-order valence-corrected chi connectivity index (χ3v) is 13.2. The Labute approximate surface area is 404 Å². The van der Waals surface area contributed by atoms with E-state index in [1.54, 1.807) is 50.9 Å². The van der Waals surface area contributed by atoms with Gasteiger partial charge < -0.3 is 44.7 Å². The monoisotopic (exact) mass is 956 g/mol. The minimum absolute atomic E-state index is 0.0490. The van der Waals surface area contributed by atoms with Gasteiger partial charge in [-0.1, -0.05) is 84.0 Å². The van der Waals surface area contributed by atoms with Gasteiger partial charge in [-0.2, -0.15) is 0 Å². The molecule has 67 heavy (non-hydrogen) atoms. The molecule has 1 saturated heterocycles. The number of rotatable bonds is 27. The number of likely N-dealkylation sites (tertiary alicyclic amines) is 1. The summed E-state index contributed by atoms with van der Waals surface area (Å²) in [6, 6.07) is 7.12. The molecule has 0 unspecified atom stereocenters. The number of carbonyl (C=O) groups excluding carboxylic acids is 5. The summed E-state index contributed by atoms with van der Waals surface area (Å²) in [5.41, 5.74) is 1.18. The molecule has 0 saturated carbocycles. The van der Waals surface area contributed by atoms with Gasteiger partial charge in [0.25, 0.3) is 0 Å². The van der Waals surface area contributed by atoms with Crippen molar-refractivity contribution >= 4 is 41.1 Å². The number of carbonyl (C=O) groups is 5. The highest BCUT2D eigenvalue weighted by Crippen LogP contribution is 2.30. The van der Waals surface area contributed by atoms with Gasteiger partial charge in [-0.25, -0.2) is 9.78 Å². The second-order valence-electron chi connectivity index (χ2n) is 19.2. The summed E-state index contributed by atoms with van der Waals surface area (Å²) in [4.78, 5) is 78.8. The van der Waals surface area contributed by atoms with E-state index in [1.165, 1.54) is 18.4 Å². The Hall–Kier alpha value is -4.42. The van der Waals surface area contributed by atoms with Crippen LogP contribution in [0.15, 0.2) is 54.1 Å². The lowest BCUT2D eigenvalue weighted by atomic mass is 9.92. The summed E-state index contributed by atoms with van der Waals surface area (Å²) in [6.07, 6.45) is 2.32. The SMILES string of the molecule is C=C(CC)[C@@H]([C@@H](CC(=O)N1CCC[C@H]1[C@H](OC)[C@@H](C)C(=O)N[C@@H](Cc1ccccc1)c1nccs1)OC)N(C)C(=O)[C@@H](NC(=O)[C@H](C(C)C)N(C)CCOCCNC(=O)OC(C)(C)C)C(C)C. The van der Waals surface area contributed by atoms with Gasteiger partial charge in [0.15, 0.2) is 0 Å². The molecule has 0 radical (unpaired) electrons. The third kappa shape index (κ3) is 17.2. The minimum atomic E-state index is -0.886. The molecule has 3 N–H and O–H groups in total. The van der Waals surface area contributed by atoms with Gasteiger partial charge in [0.2, 0.25) is 23.6 Å². The number of nitrogens with zero attached hydrogens (tertiary/aromatic N) is 4. The number of alkyl carbamates (subject to hydrolysis) is 1. The molecule has 1 fully saturated rings. The highest BCUT2D eigenvalue weighted by Gasteiger charge is 2.43. The standard InChI is InChI=1S/C50H81N7O9S/c1-15-34(6)43(56(12)48(61)41(32(2)3)54-46(60)42(33(4)5)55(11)26-28-65-27-23-52-49(62)66-50(8,9)10)39(63-13)31-40(58)57-25-19-22-38(57)44(64-14)35(7)45(59)53-37(47-51-24-29-67-47)30-36-20-17-16-18-21-36/h16-18,20-21,24,29,32-33,35,37-39,41-44H,6,15,19,22-23,25-28,30-31H2,1-5,7-14H3,(H,52,62)(H,53,59)(H,54,60)/t35-,37+,38+,39-,41+,42+,43+,44-/m1/s1. The van der Waals surface area contributed by atoms with Crippen LogP contribution in [0.25, 0.3) is 0 Å². The van der Waals surface area contributed by atoms with Crippen LogP contribution in [0.5, 0.6) is 0 Å². The average Bonchev–Trinajstić information content (AvgIpc) is 3.99. The predicted molar refractivity (Wildman–Crippen MR) is 262 cm³/mol. The number of methoxy groups -OCH3 is 2. The fourth-order valence-corrected chi connectivity index (χ4v) is 9.45. The third-order valence-electron chi connectivity index (χ3n) is 12.3. The quantitative estimate of drug-likeness (QED) is 0.0704. The van der Waals surface area contributed by atoms with Crippen LogP contribution in [0.4, 0.5) is 4.79 Å². The van der Waals surface area contributed by atoms with Crippen molar-refractivity contribution in [2.45, 2.75) is 142 Å². The lowest BCUT2D eigenvalue weighted by Gasteiger charge is -2.39. The fraction of sp³-hybridized carbons (Fsp3) is 0.680. The number of likely N-dealkylation sites (N-methyl/N-ethyl adjacent to an activating group) is 2. The van der Waals surface area contributed by atoms with Gasteiger partial charge in [-0.15, -0.1) is 11.3 Å². The molecule has 376 valence electrons. The maximum atomic E-state index is 14.6. The first-order chi connectivity index (χ1) is 31.6. The molecule has 3 rings (SSSR count). The van der Waals surface area contributed by atoms with Crippen molar-refractivity contribution in [3.05, 3.63) is 64.6 Å². The fourth-order valence-electron chi connectivity index (χ4n) is 8.77. The Bertz CT molecular complexity index is 1860. The molecule has 1 aromatic carbocycles. The number of hydrogen-bond donors (Lipinski definition) is 3. The van der Waals surface area contributed by atoms with Crippen LogP contribution in [-0.2, 0) is 44.5 Å². The van der Waals surface area contributed by atoms with Crippen molar-refractivity contribution in [2.24, 2.45) is 17.8 Å². The zero-order chi connectivity index (χ0) is 50.0. The summed E-state index contributed by atoms with van der Waals surface area (Å²) in [5.74, 6) is -1.96. The van der Waals surface area contributed by atoms with Crippen molar-refractivity contribution in [2.75, 3.05) is 61.2 Å². The Morgan fingerprint density at radius 1 is 0.940 bits per heavy atom. The number of amides is 5. The maximum Gasteiger partial charge on any atom is 0.407 e. The molecule has 2 heterocycles. The highest BCUT2D eigenvalue weighted by atomic mass is 32.1. The largest absolute Gasteiger partial charge is 0.444 e.